The van der Waals surface area contributed by atoms with E-state index in [-0.39, 0.29) is 5.69 Å². The highest BCUT2D eigenvalue weighted by Crippen LogP contribution is 2.14. The van der Waals surface area contributed by atoms with Crippen LogP contribution < -0.4 is 5.43 Å². The molecule has 88 valence electrons. The van der Waals surface area contributed by atoms with Gasteiger partial charge in [0.2, 0.25) is 0 Å². The van der Waals surface area contributed by atoms with Crippen LogP contribution >= 0.6 is 0 Å². The third-order valence-electron chi connectivity index (χ3n) is 2.07. The lowest BCUT2D eigenvalue weighted by molar-refractivity contribution is 0.528. The molecule has 1 aromatic heterocycles. The third-order valence-corrected chi connectivity index (χ3v) is 2.07. The van der Waals surface area contributed by atoms with Crippen molar-refractivity contribution in [3.63, 3.8) is 0 Å². The summed E-state index contributed by atoms with van der Waals surface area (Å²) in [6.07, 6.45) is 1.41. The average molecular weight is 236 g/mol. The Morgan fingerprint density at radius 2 is 2.06 bits per heavy atom. The van der Waals surface area contributed by atoms with E-state index in [1.54, 1.807) is 12.1 Å². The molecule has 3 nitrogen and oxygen atoms in total. The fourth-order valence-electron chi connectivity index (χ4n) is 1.27. The van der Waals surface area contributed by atoms with Crippen molar-refractivity contribution in [2.75, 3.05) is 5.43 Å². The summed E-state index contributed by atoms with van der Waals surface area (Å²) in [5.41, 5.74) is 2.57. The van der Waals surface area contributed by atoms with Crippen molar-refractivity contribution in [2.24, 2.45) is 5.10 Å². The average Bonchev–Trinajstić information content (AvgIpc) is 2.68. The number of hydrogen-bond donors (Lipinski definition) is 1. The number of hydrazone groups is 1. The van der Waals surface area contributed by atoms with Crippen LogP contribution in [0.25, 0.3) is 0 Å². The van der Waals surface area contributed by atoms with Gasteiger partial charge in [0.05, 0.1) is 11.9 Å². The van der Waals surface area contributed by atoms with Crippen LogP contribution in [0.1, 0.15) is 11.5 Å². The number of nitrogens with one attached hydrogen (secondary N) is 1. The quantitative estimate of drug-likeness (QED) is 0.655. The van der Waals surface area contributed by atoms with Gasteiger partial charge in [-0.15, -0.1) is 0 Å². The molecular weight excluding hydrogens is 226 g/mol. The predicted octanol–water partition coefficient (Wildman–Crippen LogP) is 3.31. The number of halogens is 2. The zero-order valence-electron chi connectivity index (χ0n) is 9.08. The van der Waals surface area contributed by atoms with Gasteiger partial charge >= 0.3 is 0 Å². The van der Waals surface area contributed by atoms with Crippen LogP contribution in [0, 0.1) is 18.6 Å². The second-order valence-corrected chi connectivity index (χ2v) is 3.44. The standard InChI is InChI=1S/C12H10F2N2O/c1-8-2-4-10(17-8)7-15-16-12-5-3-9(13)6-11(12)14/h2-7,16H,1H3/b15-7-. The highest BCUT2D eigenvalue weighted by Gasteiger charge is 2.01. The SMILES string of the molecule is Cc1ccc(/C=N\Nc2ccc(F)cc2F)o1. The Morgan fingerprint density at radius 1 is 1.24 bits per heavy atom. The number of hydrogen-bond acceptors (Lipinski definition) is 3. The molecule has 5 heteroatoms. The largest absolute Gasteiger partial charge is 0.460 e. The molecule has 0 amide bonds. The van der Waals surface area contributed by atoms with Gasteiger partial charge in [0.1, 0.15) is 17.3 Å². The minimum absolute atomic E-state index is 0.103. The van der Waals surface area contributed by atoms with E-state index in [1.807, 2.05) is 6.92 Å². The Bertz CT molecular complexity index is 549. The molecule has 1 heterocycles. The van der Waals surface area contributed by atoms with E-state index in [2.05, 4.69) is 10.5 Å². The molecule has 0 aliphatic rings. The first-order valence-corrected chi connectivity index (χ1v) is 4.96. The molecule has 1 N–H and O–H groups in total. The fraction of sp³-hybridized carbons (Fsp3) is 0.0833. The number of benzene rings is 1. The Hall–Kier alpha value is -2.17. The van der Waals surface area contributed by atoms with Crippen molar-refractivity contribution in [3.8, 4) is 0 Å². The molecule has 0 unspecified atom stereocenters. The number of nitrogens with zero attached hydrogens (tertiary/aromatic N) is 1. The lowest BCUT2D eigenvalue weighted by Crippen LogP contribution is -1.93. The van der Waals surface area contributed by atoms with Crippen molar-refractivity contribution in [1.29, 1.82) is 0 Å². The van der Waals surface area contributed by atoms with Crippen molar-refractivity contribution >= 4 is 11.9 Å². The molecule has 2 aromatic rings. The lowest BCUT2D eigenvalue weighted by atomic mass is 10.3. The molecule has 0 spiro atoms. The summed E-state index contributed by atoms with van der Waals surface area (Å²) in [7, 11) is 0. The minimum atomic E-state index is -0.697. The van der Waals surface area contributed by atoms with E-state index < -0.39 is 11.6 Å². The summed E-state index contributed by atoms with van der Waals surface area (Å²) in [5, 5.41) is 3.78. The first-order valence-electron chi connectivity index (χ1n) is 4.96. The van der Waals surface area contributed by atoms with E-state index >= 15 is 0 Å². The van der Waals surface area contributed by atoms with E-state index in [4.69, 9.17) is 4.42 Å². The number of aryl methyl sites for hydroxylation is 1. The topological polar surface area (TPSA) is 37.5 Å². The second kappa shape index (κ2) is 4.78. The zero-order chi connectivity index (χ0) is 12.3. The van der Waals surface area contributed by atoms with E-state index in [0.29, 0.717) is 5.76 Å². The smallest absolute Gasteiger partial charge is 0.151 e. The van der Waals surface area contributed by atoms with Crippen LogP contribution in [0.5, 0.6) is 0 Å². The first-order chi connectivity index (χ1) is 8.15. The number of anilines is 1. The Morgan fingerprint density at radius 3 is 2.71 bits per heavy atom. The van der Waals surface area contributed by atoms with Gasteiger partial charge in [-0.1, -0.05) is 0 Å². The highest BCUT2D eigenvalue weighted by atomic mass is 19.1. The zero-order valence-corrected chi connectivity index (χ0v) is 9.08. The summed E-state index contributed by atoms with van der Waals surface area (Å²) < 4.78 is 31.0. The molecule has 0 atom stereocenters. The van der Waals surface area contributed by atoms with Crippen LogP contribution in [0.2, 0.25) is 0 Å². The van der Waals surface area contributed by atoms with Crippen molar-refractivity contribution < 1.29 is 13.2 Å². The molecule has 0 aliphatic heterocycles. The van der Waals surface area contributed by atoms with E-state index in [9.17, 15) is 8.78 Å². The Balaban J connectivity index is 2.04. The molecule has 1 aromatic carbocycles. The van der Waals surface area contributed by atoms with Gasteiger partial charge in [-0.25, -0.2) is 8.78 Å². The van der Waals surface area contributed by atoms with Gasteiger partial charge < -0.3 is 4.42 Å². The third kappa shape index (κ3) is 2.90. The van der Waals surface area contributed by atoms with Gasteiger partial charge in [0.15, 0.2) is 5.82 Å². The van der Waals surface area contributed by atoms with Gasteiger partial charge in [0, 0.05) is 6.07 Å². The molecule has 0 saturated carbocycles. The van der Waals surface area contributed by atoms with E-state index in [1.165, 1.54) is 12.3 Å². The summed E-state index contributed by atoms with van der Waals surface area (Å²) in [6, 6.07) is 6.74. The van der Waals surface area contributed by atoms with Crippen molar-refractivity contribution in [1.82, 2.24) is 0 Å². The molecule has 2 rings (SSSR count). The maximum Gasteiger partial charge on any atom is 0.151 e. The summed E-state index contributed by atoms with van der Waals surface area (Å²) in [6.45, 7) is 1.81. The molecule has 0 fully saturated rings. The number of furan rings is 1. The van der Waals surface area contributed by atoms with Gasteiger partial charge in [0.25, 0.3) is 0 Å². The number of rotatable bonds is 3. The summed E-state index contributed by atoms with van der Waals surface area (Å²) in [5.74, 6) is -0.00611. The van der Waals surface area contributed by atoms with Crippen molar-refractivity contribution in [3.05, 3.63) is 53.5 Å². The Labute approximate surface area is 96.8 Å². The maximum absolute atomic E-state index is 13.2. The molecule has 0 saturated heterocycles. The minimum Gasteiger partial charge on any atom is -0.460 e. The Kier molecular flexibility index (Phi) is 3.18. The van der Waals surface area contributed by atoms with Crippen molar-refractivity contribution in [2.45, 2.75) is 6.92 Å². The molecule has 17 heavy (non-hydrogen) atoms. The molecule has 0 aliphatic carbocycles. The van der Waals surface area contributed by atoms with Crippen LogP contribution in [0.3, 0.4) is 0 Å². The normalized spacial score (nSPS) is 11.0. The van der Waals surface area contributed by atoms with Crippen LogP contribution in [0.4, 0.5) is 14.5 Å². The molecule has 0 bridgehead atoms. The summed E-state index contributed by atoms with van der Waals surface area (Å²) in [4.78, 5) is 0. The molecule has 0 radical (unpaired) electrons. The van der Waals surface area contributed by atoms with Gasteiger partial charge in [-0.3, -0.25) is 5.43 Å². The molecular formula is C12H10F2N2O. The monoisotopic (exact) mass is 236 g/mol. The highest BCUT2D eigenvalue weighted by molar-refractivity contribution is 5.76. The van der Waals surface area contributed by atoms with Crippen LogP contribution in [-0.4, -0.2) is 6.21 Å². The predicted molar refractivity (Wildman–Crippen MR) is 61.0 cm³/mol. The lowest BCUT2D eigenvalue weighted by Gasteiger charge is -2.00. The van der Waals surface area contributed by atoms with Crippen LogP contribution in [0.15, 0.2) is 39.9 Å². The van der Waals surface area contributed by atoms with Crippen LogP contribution in [-0.2, 0) is 0 Å². The second-order valence-electron chi connectivity index (χ2n) is 3.44. The van der Waals surface area contributed by atoms with Gasteiger partial charge in [-0.2, -0.15) is 5.10 Å². The van der Waals surface area contributed by atoms with Gasteiger partial charge in [-0.05, 0) is 31.2 Å². The van der Waals surface area contributed by atoms with E-state index in [0.717, 1.165) is 17.9 Å². The summed E-state index contributed by atoms with van der Waals surface area (Å²) >= 11 is 0. The fourth-order valence-corrected chi connectivity index (χ4v) is 1.27. The first kappa shape index (κ1) is 11.3. The maximum atomic E-state index is 13.2.